The van der Waals surface area contributed by atoms with E-state index in [-0.39, 0.29) is 13.2 Å². The van der Waals surface area contributed by atoms with Gasteiger partial charge in [0.15, 0.2) is 0 Å². The van der Waals surface area contributed by atoms with Crippen LogP contribution in [-0.4, -0.2) is 36.2 Å². The molecule has 1 aliphatic heterocycles. The van der Waals surface area contributed by atoms with Crippen LogP contribution < -0.4 is 0 Å². The number of carbonyl (C=O) groups is 1. The van der Waals surface area contributed by atoms with Crippen LogP contribution in [0.5, 0.6) is 0 Å². The van der Waals surface area contributed by atoms with E-state index in [1.807, 2.05) is 0 Å². The third kappa shape index (κ3) is 1.49. The van der Waals surface area contributed by atoms with Gasteiger partial charge < -0.3 is 14.6 Å². The molecule has 0 saturated carbocycles. The van der Waals surface area contributed by atoms with Gasteiger partial charge in [0.1, 0.15) is 0 Å². The molecule has 0 aromatic rings. The van der Waals surface area contributed by atoms with Crippen LogP contribution in [0, 0.1) is 0 Å². The van der Waals surface area contributed by atoms with E-state index in [0.29, 0.717) is 0 Å². The van der Waals surface area contributed by atoms with Gasteiger partial charge in [0.05, 0.1) is 13.2 Å². The number of carboxylic acid groups (broad SMARTS) is 1. The highest BCUT2D eigenvalue weighted by atomic mass is 19.1. The first-order valence-corrected chi connectivity index (χ1v) is 3.21. The number of alkyl halides is 1. The first-order chi connectivity index (χ1) is 5.06. The van der Waals surface area contributed by atoms with Gasteiger partial charge in [-0.25, -0.2) is 9.18 Å². The Bertz CT molecular complexity index is 164. The SMILES string of the molecule is CC1(C(F)C(=O)O)OCCO1. The number of hydrogen-bond donors (Lipinski definition) is 1. The zero-order chi connectivity index (χ0) is 8.48. The summed E-state index contributed by atoms with van der Waals surface area (Å²) in [5, 5.41) is 8.27. The largest absolute Gasteiger partial charge is 0.479 e. The molecule has 4 nitrogen and oxygen atoms in total. The molecule has 1 fully saturated rings. The van der Waals surface area contributed by atoms with Crippen molar-refractivity contribution in [3.05, 3.63) is 0 Å². The molecule has 0 amide bonds. The number of halogens is 1. The standard InChI is InChI=1S/C6H9FO4/c1-6(4(7)5(8)9)10-2-3-11-6/h4H,2-3H2,1H3,(H,8,9). The van der Waals surface area contributed by atoms with Crippen LogP contribution in [0.25, 0.3) is 0 Å². The summed E-state index contributed by atoms with van der Waals surface area (Å²) in [5.74, 6) is -3.15. The van der Waals surface area contributed by atoms with Crippen molar-refractivity contribution in [3.8, 4) is 0 Å². The molecule has 1 N–H and O–H groups in total. The number of carboxylic acids is 1. The quantitative estimate of drug-likeness (QED) is 0.632. The van der Waals surface area contributed by atoms with Crippen LogP contribution in [0.4, 0.5) is 4.39 Å². The third-order valence-electron chi connectivity index (χ3n) is 1.54. The van der Waals surface area contributed by atoms with Gasteiger partial charge in [0, 0.05) is 0 Å². The Hall–Kier alpha value is -0.680. The van der Waals surface area contributed by atoms with Crippen molar-refractivity contribution in [2.75, 3.05) is 13.2 Å². The Morgan fingerprint density at radius 2 is 2.09 bits per heavy atom. The van der Waals surface area contributed by atoms with E-state index in [1.54, 1.807) is 0 Å². The van der Waals surface area contributed by atoms with Crippen molar-refractivity contribution in [1.29, 1.82) is 0 Å². The van der Waals surface area contributed by atoms with Gasteiger partial charge in [-0.1, -0.05) is 0 Å². The summed E-state index contributed by atoms with van der Waals surface area (Å²) in [4.78, 5) is 10.2. The van der Waals surface area contributed by atoms with Gasteiger partial charge in [-0.2, -0.15) is 0 Å². The predicted octanol–water partition coefficient (Wildman–Crippen LogP) is 0.172. The zero-order valence-electron chi connectivity index (χ0n) is 6.04. The number of ether oxygens (including phenoxy) is 2. The molecule has 5 heteroatoms. The van der Waals surface area contributed by atoms with Crippen LogP contribution in [0.2, 0.25) is 0 Å². The van der Waals surface area contributed by atoms with E-state index in [4.69, 9.17) is 14.6 Å². The van der Waals surface area contributed by atoms with E-state index < -0.39 is 17.9 Å². The lowest BCUT2D eigenvalue weighted by atomic mass is 10.2. The smallest absolute Gasteiger partial charge is 0.344 e. The third-order valence-corrected chi connectivity index (χ3v) is 1.54. The molecule has 1 heterocycles. The Morgan fingerprint density at radius 1 is 1.64 bits per heavy atom. The molecule has 0 spiro atoms. The summed E-state index contributed by atoms with van der Waals surface area (Å²) in [6.45, 7) is 1.76. The van der Waals surface area contributed by atoms with E-state index >= 15 is 0 Å². The molecule has 0 aliphatic carbocycles. The monoisotopic (exact) mass is 164 g/mol. The topological polar surface area (TPSA) is 55.8 Å². The molecule has 0 bridgehead atoms. The van der Waals surface area contributed by atoms with Crippen molar-refractivity contribution < 1.29 is 23.8 Å². The minimum atomic E-state index is -2.12. The van der Waals surface area contributed by atoms with Crippen LogP contribution >= 0.6 is 0 Å². The minimum absolute atomic E-state index is 0.240. The van der Waals surface area contributed by atoms with Crippen LogP contribution in [0.3, 0.4) is 0 Å². The van der Waals surface area contributed by atoms with Crippen molar-refractivity contribution in [1.82, 2.24) is 0 Å². The van der Waals surface area contributed by atoms with E-state index in [0.717, 1.165) is 0 Å². The molecule has 0 aromatic carbocycles. The molecule has 1 saturated heterocycles. The molecule has 1 rings (SSSR count). The first kappa shape index (κ1) is 8.42. The maximum atomic E-state index is 12.8. The van der Waals surface area contributed by atoms with Crippen LogP contribution in [0.15, 0.2) is 0 Å². The molecular formula is C6H9FO4. The Morgan fingerprint density at radius 3 is 2.45 bits per heavy atom. The summed E-state index contributed by atoms with van der Waals surface area (Å²) >= 11 is 0. The highest BCUT2D eigenvalue weighted by Crippen LogP contribution is 2.24. The van der Waals surface area contributed by atoms with Gasteiger partial charge in [0.2, 0.25) is 12.0 Å². The lowest BCUT2D eigenvalue weighted by Gasteiger charge is -2.22. The van der Waals surface area contributed by atoms with Gasteiger partial charge in [-0.3, -0.25) is 0 Å². The molecule has 11 heavy (non-hydrogen) atoms. The molecule has 1 aliphatic rings. The number of rotatable bonds is 2. The average Bonchev–Trinajstić information content (AvgIpc) is 2.35. The van der Waals surface area contributed by atoms with Crippen LogP contribution in [-0.2, 0) is 14.3 Å². The molecule has 0 radical (unpaired) electrons. The number of hydrogen-bond acceptors (Lipinski definition) is 3. The first-order valence-electron chi connectivity index (χ1n) is 3.21. The fourth-order valence-corrected chi connectivity index (χ4v) is 0.901. The van der Waals surface area contributed by atoms with Crippen molar-refractivity contribution >= 4 is 5.97 Å². The summed E-state index contributed by atoms with van der Waals surface area (Å²) in [7, 11) is 0. The van der Waals surface area contributed by atoms with Gasteiger partial charge >= 0.3 is 5.97 Å². The molecular weight excluding hydrogens is 155 g/mol. The second-order valence-electron chi connectivity index (χ2n) is 2.41. The molecule has 1 atom stereocenters. The Kier molecular flexibility index (Phi) is 2.10. The summed E-state index contributed by atoms with van der Waals surface area (Å²) in [6.07, 6.45) is -2.12. The summed E-state index contributed by atoms with van der Waals surface area (Å²) in [6, 6.07) is 0. The lowest BCUT2D eigenvalue weighted by molar-refractivity contribution is -0.200. The zero-order valence-corrected chi connectivity index (χ0v) is 6.04. The van der Waals surface area contributed by atoms with E-state index in [1.165, 1.54) is 6.92 Å². The summed E-state index contributed by atoms with van der Waals surface area (Å²) < 4.78 is 22.3. The average molecular weight is 164 g/mol. The molecule has 64 valence electrons. The highest BCUT2D eigenvalue weighted by molar-refractivity contribution is 5.73. The molecule has 0 aromatic heterocycles. The highest BCUT2D eigenvalue weighted by Gasteiger charge is 2.45. The lowest BCUT2D eigenvalue weighted by Crippen LogP contribution is -2.42. The van der Waals surface area contributed by atoms with Crippen LogP contribution in [0.1, 0.15) is 6.92 Å². The van der Waals surface area contributed by atoms with Gasteiger partial charge in [-0.05, 0) is 6.92 Å². The second kappa shape index (κ2) is 2.75. The number of aliphatic carboxylic acids is 1. The van der Waals surface area contributed by atoms with Gasteiger partial charge in [0.25, 0.3) is 0 Å². The normalized spacial score (nSPS) is 24.9. The Balaban J connectivity index is 2.63. The van der Waals surface area contributed by atoms with Crippen molar-refractivity contribution in [3.63, 3.8) is 0 Å². The van der Waals surface area contributed by atoms with E-state index in [2.05, 4.69) is 0 Å². The maximum absolute atomic E-state index is 12.8. The fourth-order valence-electron chi connectivity index (χ4n) is 0.901. The van der Waals surface area contributed by atoms with Gasteiger partial charge in [-0.15, -0.1) is 0 Å². The van der Waals surface area contributed by atoms with Crippen molar-refractivity contribution in [2.24, 2.45) is 0 Å². The second-order valence-corrected chi connectivity index (χ2v) is 2.41. The van der Waals surface area contributed by atoms with Crippen molar-refractivity contribution in [2.45, 2.75) is 18.9 Å². The van der Waals surface area contributed by atoms with E-state index in [9.17, 15) is 9.18 Å². The summed E-state index contributed by atoms with van der Waals surface area (Å²) in [5.41, 5.74) is 0. The minimum Gasteiger partial charge on any atom is -0.479 e. The Labute approximate surface area is 62.9 Å². The predicted molar refractivity (Wildman–Crippen MR) is 32.8 cm³/mol. The fraction of sp³-hybridized carbons (Fsp3) is 0.833. The molecule has 1 unspecified atom stereocenters. The maximum Gasteiger partial charge on any atom is 0.344 e.